The zero-order valence-corrected chi connectivity index (χ0v) is 13.4. The van der Waals surface area contributed by atoms with E-state index in [1.807, 2.05) is 0 Å². The Hall–Kier alpha value is -0.120. The average Bonchev–Trinajstić information content (AvgIpc) is 2.37. The van der Waals surface area contributed by atoms with Crippen molar-refractivity contribution in [1.82, 2.24) is 9.80 Å². The first kappa shape index (κ1) is 14.8. The molecule has 0 amide bonds. The average molecular weight is 280 g/mol. The molecule has 0 aromatic carbocycles. The van der Waals surface area contributed by atoms with Gasteiger partial charge in [-0.2, -0.15) is 0 Å². The summed E-state index contributed by atoms with van der Waals surface area (Å²) in [5.41, 5.74) is 0. The maximum Gasteiger partial charge on any atom is 0.0603 e. The Balaban J connectivity index is 1.23. The summed E-state index contributed by atoms with van der Waals surface area (Å²) in [6, 6.07) is 0. The molecule has 3 fully saturated rings. The van der Waals surface area contributed by atoms with Gasteiger partial charge in [0.25, 0.3) is 0 Å². The zero-order valence-electron chi connectivity index (χ0n) is 13.4. The number of piperidine rings is 1. The van der Waals surface area contributed by atoms with Crippen LogP contribution in [0.25, 0.3) is 0 Å². The third kappa shape index (κ3) is 3.96. The van der Waals surface area contributed by atoms with Crippen molar-refractivity contribution >= 4 is 0 Å². The fraction of sp³-hybridized carbons (Fsp3) is 1.00. The van der Waals surface area contributed by atoms with Crippen LogP contribution in [0.3, 0.4) is 0 Å². The molecular formula is C17H32N2O. The lowest BCUT2D eigenvalue weighted by Gasteiger charge is -2.40. The molecule has 3 rings (SSSR count). The van der Waals surface area contributed by atoms with E-state index < -0.39 is 0 Å². The van der Waals surface area contributed by atoms with Crippen LogP contribution in [0, 0.1) is 11.8 Å². The molecule has 2 saturated heterocycles. The van der Waals surface area contributed by atoms with E-state index in [9.17, 15) is 0 Å². The molecule has 3 heteroatoms. The highest BCUT2D eigenvalue weighted by atomic mass is 16.5. The minimum Gasteiger partial charge on any atom is -0.375 e. The largest absolute Gasteiger partial charge is 0.375 e. The van der Waals surface area contributed by atoms with E-state index in [1.165, 1.54) is 71.4 Å². The maximum absolute atomic E-state index is 6.19. The topological polar surface area (TPSA) is 15.7 Å². The van der Waals surface area contributed by atoms with Gasteiger partial charge in [0.2, 0.25) is 0 Å². The van der Waals surface area contributed by atoms with Crippen molar-refractivity contribution in [2.24, 2.45) is 11.8 Å². The van der Waals surface area contributed by atoms with E-state index >= 15 is 0 Å². The van der Waals surface area contributed by atoms with Crippen molar-refractivity contribution in [3.63, 3.8) is 0 Å². The number of ether oxygens (including phenoxy) is 1. The summed E-state index contributed by atoms with van der Waals surface area (Å²) in [6.45, 7) is 12.4. The summed E-state index contributed by atoms with van der Waals surface area (Å²) in [6.07, 6.45) is 7.61. The van der Waals surface area contributed by atoms with Crippen molar-refractivity contribution in [2.75, 3.05) is 39.3 Å². The molecule has 0 spiro atoms. The number of nitrogens with zero attached hydrogens (tertiary/aromatic N) is 2. The van der Waals surface area contributed by atoms with Crippen molar-refractivity contribution in [2.45, 2.75) is 58.2 Å². The molecule has 0 atom stereocenters. The molecular weight excluding hydrogens is 248 g/mol. The second kappa shape index (κ2) is 6.76. The van der Waals surface area contributed by atoms with Crippen LogP contribution in [-0.2, 0) is 4.74 Å². The van der Waals surface area contributed by atoms with Gasteiger partial charge in [0.05, 0.1) is 12.2 Å². The van der Waals surface area contributed by atoms with Crippen molar-refractivity contribution in [3.05, 3.63) is 0 Å². The van der Waals surface area contributed by atoms with E-state index in [4.69, 9.17) is 4.74 Å². The highest BCUT2D eigenvalue weighted by Gasteiger charge is 2.30. The smallest absolute Gasteiger partial charge is 0.0603 e. The molecule has 1 saturated carbocycles. The van der Waals surface area contributed by atoms with E-state index in [2.05, 4.69) is 23.6 Å². The van der Waals surface area contributed by atoms with Crippen molar-refractivity contribution < 1.29 is 4.74 Å². The zero-order chi connectivity index (χ0) is 13.9. The standard InChI is InChI=1S/C17H32N2O/c1-14-10-17(11-14)20-16-4-8-18(9-5-16)6-3-7-19-12-15(2)13-19/h14-17H,3-13H2,1-2H3. The van der Waals surface area contributed by atoms with Crippen LogP contribution in [0.4, 0.5) is 0 Å². The van der Waals surface area contributed by atoms with Crippen LogP contribution in [0.1, 0.15) is 46.0 Å². The predicted molar refractivity (Wildman–Crippen MR) is 83.0 cm³/mol. The Morgan fingerprint density at radius 1 is 0.850 bits per heavy atom. The maximum atomic E-state index is 6.19. The fourth-order valence-electron chi connectivity index (χ4n) is 4.01. The monoisotopic (exact) mass is 280 g/mol. The second-order valence-corrected chi connectivity index (χ2v) is 7.59. The van der Waals surface area contributed by atoms with E-state index in [1.54, 1.807) is 0 Å². The minimum atomic E-state index is 0.556. The molecule has 20 heavy (non-hydrogen) atoms. The number of rotatable bonds is 6. The lowest BCUT2D eigenvalue weighted by molar-refractivity contribution is -0.0906. The van der Waals surface area contributed by atoms with Gasteiger partial charge in [-0.25, -0.2) is 0 Å². The summed E-state index contributed by atoms with van der Waals surface area (Å²) < 4.78 is 6.19. The van der Waals surface area contributed by atoms with E-state index in [0.717, 1.165) is 11.8 Å². The lowest BCUT2D eigenvalue weighted by Crippen LogP contribution is -2.46. The number of likely N-dealkylation sites (tertiary alicyclic amines) is 2. The molecule has 0 bridgehead atoms. The molecule has 0 N–H and O–H groups in total. The lowest BCUT2D eigenvalue weighted by atomic mass is 9.84. The normalized spacial score (nSPS) is 33.9. The van der Waals surface area contributed by atoms with Crippen molar-refractivity contribution in [3.8, 4) is 0 Å². The molecule has 1 aliphatic carbocycles. The summed E-state index contributed by atoms with van der Waals surface area (Å²) in [7, 11) is 0. The summed E-state index contributed by atoms with van der Waals surface area (Å²) in [5, 5.41) is 0. The Kier molecular flexibility index (Phi) is 5.00. The van der Waals surface area contributed by atoms with Gasteiger partial charge in [0.15, 0.2) is 0 Å². The van der Waals surface area contributed by atoms with Crippen LogP contribution < -0.4 is 0 Å². The third-order valence-corrected chi connectivity index (χ3v) is 5.34. The molecule has 2 heterocycles. The van der Waals surface area contributed by atoms with Gasteiger partial charge in [-0.1, -0.05) is 13.8 Å². The first-order chi connectivity index (χ1) is 9.69. The predicted octanol–water partition coefficient (Wildman–Crippen LogP) is 2.61. The molecule has 2 aliphatic heterocycles. The van der Waals surface area contributed by atoms with Gasteiger partial charge in [-0.05, 0) is 57.0 Å². The van der Waals surface area contributed by atoms with Gasteiger partial charge in [-0.3, -0.25) is 0 Å². The molecule has 3 nitrogen and oxygen atoms in total. The Morgan fingerprint density at radius 2 is 1.50 bits per heavy atom. The summed E-state index contributed by atoms with van der Waals surface area (Å²) in [5.74, 6) is 1.85. The number of hydrogen-bond acceptors (Lipinski definition) is 3. The van der Waals surface area contributed by atoms with E-state index in [-0.39, 0.29) is 0 Å². The summed E-state index contributed by atoms with van der Waals surface area (Å²) >= 11 is 0. The Labute approximate surface area is 124 Å². The summed E-state index contributed by atoms with van der Waals surface area (Å²) in [4.78, 5) is 5.24. The first-order valence-corrected chi connectivity index (χ1v) is 8.79. The molecule has 0 aromatic heterocycles. The molecule has 0 aromatic rings. The Morgan fingerprint density at radius 3 is 2.10 bits per heavy atom. The van der Waals surface area contributed by atoms with Gasteiger partial charge in [0, 0.05) is 26.2 Å². The van der Waals surface area contributed by atoms with Crippen LogP contribution in [0.5, 0.6) is 0 Å². The molecule has 0 radical (unpaired) electrons. The molecule has 0 unspecified atom stereocenters. The molecule has 3 aliphatic rings. The molecule has 116 valence electrons. The SMILES string of the molecule is CC1CC(OC2CCN(CCCN3CC(C)C3)CC2)C1. The second-order valence-electron chi connectivity index (χ2n) is 7.59. The van der Waals surface area contributed by atoms with Crippen molar-refractivity contribution in [1.29, 1.82) is 0 Å². The number of hydrogen-bond donors (Lipinski definition) is 0. The van der Waals surface area contributed by atoms with Gasteiger partial charge in [-0.15, -0.1) is 0 Å². The minimum absolute atomic E-state index is 0.556. The third-order valence-electron chi connectivity index (χ3n) is 5.34. The van der Waals surface area contributed by atoms with Gasteiger partial charge < -0.3 is 14.5 Å². The Bertz CT molecular complexity index is 289. The van der Waals surface area contributed by atoms with Crippen LogP contribution >= 0.6 is 0 Å². The first-order valence-electron chi connectivity index (χ1n) is 8.79. The van der Waals surface area contributed by atoms with Crippen LogP contribution in [0.15, 0.2) is 0 Å². The fourth-order valence-corrected chi connectivity index (χ4v) is 4.01. The van der Waals surface area contributed by atoms with Crippen LogP contribution in [0.2, 0.25) is 0 Å². The highest BCUT2D eigenvalue weighted by molar-refractivity contribution is 4.81. The van der Waals surface area contributed by atoms with Gasteiger partial charge >= 0.3 is 0 Å². The highest BCUT2D eigenvalue weighted by Crippen LogP contribution is 2.31. The quantitative estimate of drug-likeness (QED) is 0.744. The van der Waals surface area contributed by atoms with E-state index in [0.29, 0.717) is 12.2 Å². The van der Waals surface area contributed by atoms with Gasteiger partial charge in [0.1, 0.15) is 0 Å². The van der Waals surface area contributed by atoms with Crippen LogP contribution in [-0.4, -0.2) is 61.3 Å².